The number of non-ortho nitro benzene ring substituents is 1. The van der Waals surface area contributed by atoms with Crippen LogP contribution in [0.25, 0.3) is 0 Å². The molecule has 0 radical (unpaired) electrons. The standard InChI is InChI=1S/C15H17BrN2O2S/c1-2-4-14(15-5-3-6-21-15)17-10-11-7-12(16)9-13(8-11)18(19)20/h3,5-9,14,17H,2,4,10H2,1H3. The van der Waals surface area contributed by atoms with Gasteiger partial charge in [-0.1, -0.05) is 35.3 Å². The molecule has 2 aromatic rings. The fourth-order valence-corrected chi connectivity index (χ4v) is 3.57. The normalized spacial score (nSPS) is 12.3. The largest absolute Gasteiger partial charge is 0.305 e. The maximum atomic E-state index is 10.9. The molecule has 0 saturated carbocycles. The molecule has 0 bridgehead atoms. The summed E-state index contributed by atoms with van der Waals surface area (Å²) in [4.78, 5) is 11.8. The van der Waals surface area contributed by atoms with Gasteiger partial charge in [0, 0.05) is 34.1 Å². The number of hydrogen-bond acceptors (Lipinski definition) is 4. The summed E-state index contributed by atoms with van der Waals surface area (Å²) in [7, 11) is 0. The molecule has 1 heterocycles. The summed E-state index contributed by atoms with van der Waals surface area (Å²) in [6.45, 7) is 2.77. The Balaban J connectivity index is 2.08. The topological polar surface area (TPSA) is 55.2 Å². The van der Waals surface area contributed by atoms with E-state index in [2.05, 4.69) is 39.6 Å². The van der Waals surface area contributed by atoms with Crippen molar-refractivity contribution in [2.45, 2.75) is 32.4 Å². The van der Waals surface area contributed by atoms with Gasteiger partial charge in [0.25, 0.3) is 5.69 Å². The Kier molecular flexibility index (Phi) is 5.90. The summed E-state index contributed by atoms with van der Waals surface area (Å²) in [5.74, 6) is 0. The Bertz CT molecular complexity index is 602. The van der Waals surface area contributed by atoms with E-state index in [4.69, 9.17) is 0 Å². The summed E-state index contributed by atoms with van der Waals surface area (Å²) >= 11 is 5.06. The van der Waals surface area contributed by atoms with E-state index in [1.807, 2.05) is 12.1 Å². The third-order valence-electron chi connectivity index (χ3n) is 3.17. The quantitative estimate of drug-likeness (QED) is 0.549. The summed E-state index contributed by atoms with van der Waals surface area (Å²) < 4.78 is 0.733. The number of nitro benzene ring substituents is 1. The van der Waals surface area contributed by atoms with Crippen LogP contribution in [0.4, 0.5) is 5.69 Å². The Morgan fingerprint density at radius 3 is 2.86 bits per heavy atom. The van der Waals surface area contributed by atoms with Gasteiger partial charge in [-0.15, -0.1) is 11.3 Å². The minimum atomic E-state index is -0.364. The highest BCUT2D eigenvalue weighted by atomic mass is 79.9. The summed E-state index contributed by atoms with van der Waals surface area (Å²) in [5, 5.41) is 16.5. The van der Waals surface area contributed by atoms with Gasteiger partial charge in [0.15, 0.2) is 0 Å². The fraction of sp³-hybridized carbons (Fsp3) is 0.333. The smallest absolute Gasteiger partial charge is 0.270 e. The Morgan fingerprint density at radius 2 is 2.24 bits per heavy atom. The van der Waals surface area contributed by atoms with Crippen molar-refractivity contribution in [3.05, 3.63) is 60.7 Å². The van der Waals surface area contributed by atoms with Crippen molar-refractivity contribution in [3.63, 3.8) is 0 Å². The van der Waals surface area contributed by atoms with Crippen molar-refractivity contribution in [2.75, 3.05) is 0 Å². The predicted octanol–water partition coefficient (Wildman–Crippen LogP) is 5.05. The van der Waals surface area contributed by atoms with Crippen LogP contribution < -0.4 is 5.32 Å². The molecule has 0 saturated heterocycles. The van der Waals surface area contributed by atoms with Gasteiger partial charge in [0.05, 0.1) is 4.92 Å². The molecule has 0 aliphatic rings. The first kappa shape index (κ1) is 16.1. The van der Waals surface area contributed by atoms with Gasteiger partial charge in [-0.25, -0.2) is 0 Å². The van der Waals surface area contributed by atoms with E-state index in [0.29, 0.717) is 12.6 Å². The third-order valence-corrected chi connectivity index (χ3v) is 4.61. The number of thiophene rings is 1. The molecule has 6 heteroatoms. The number of nitrogens with one attached hydrogen (secondary N) is 1. The number of rotatable bonds is 7. The molecule has 1 atom stereocenters. The van der Waals surface area contributed by atoms with Crippen LogP contribution in [0.3, 0.4) is 0 Å². The number of hydrogen-bond donors (Lipinski definition) is 1. The lowest BCUT2D eigenvalue weighted by Crippen LogP contribution is -2.20. The van der Waals surface area contributed by atoms with Crippen LogP contribution in [0.15, 0.2) is 40.2 Å². The van der Waals surface area contributed by atoms with Gasteiger partial charge >= 0.3 is 0 Å². The van der Waals surface area contributed by atoms with Gasteiger partial charge in [-0.05, 0) is 29.5 Å². The van der Waals surface area contributed by atoms with Crippen LogP contribution in [-0.4, -0.2) is 4.92 Å². The molecule has 1 aromatic carbocycles. The van der Waals surface area contributed by atoms with E-state index in [9.17, 15) is 10.1 Å². The molecule has 0 aliphatic heterocycles. The Morgan fingerprint density at radius 1 is 1.43 bits per heavy atom. The highest BCUT2D eigenvalue weighted by molar-refractivity contribution is 9.10. The summed E-state index contributed by atoms with van der Waals surface area (Å²) in [6.07, 6.45) is 2.14. The lowest BCUT2D eigenvalue weighted by Gasteiger charge is -2.17. The van der Waals surface area contributed by atoms with E-state index in [0.717, 1.165) is 22.9 Å². The van der Waals surface area contributed by atoms with Gasteiger partial charge in [0.1, 0.15) is 0 Å². The maximum Gasteiger partial charge on any atom is 0.270 e. The number of halogens is 1. The Labute approximate surface area is 136 Å². The van der Waals surface area contributed by atoms with Crippen molar-refractivity contribution in [1.82, 2.24) is 5.32 Å². The van der Waals surface area contributed by atoms with E-state index in [1.54, 1.807) is 17.4 Å². The van der Waals surface area contributed by atoms with Gasteiger partial charge in [0.2, 0.25) is 0 Å². The monoisotopic (exact) mass is 368 g/mol. The fourth-order valence-electron chi connectivity index (χ4n) is 2.20. The zero-order valence-corrected chi connectivity index (χ0v) is 14.1. The van der Waals surface area contributed by atoms with Crippen molar-refractivity contribution >= 4 is 33.0 Å². The molecule has 0 aliphatic carbocycles. The van der Waals surface area contributed by atoms with E-state index in [1.165, 1.54) is 10.9 Å². The second-order valence-electron chi connectivity index (χ2n) is 4.81. The average molecular weight is 369 g/mol. The van der Waals surface area contributed by atoms with Crippen LogP contribution in [0, 0.1) is 10.1 Å². The van der Waals surface area contributed by atoms with Crippen LogP contribution in [0.2, 0.25) is 0 Å². The third kappa shape index (κ3) is 4.62. The first-order chi connectivity index (χ1) is 10.1. The van der Waals surface area contributed by atoms with Gasteiger partial charge in [-0.3, -0.25) is 10.1 Å². The van der Waals surface area contributed by atoms with Crippen LogP contribution in [-0.2, 0) is 6.54 Å². The lowest BCUT2D eigenvalue weighted by atomic mass is 10.1. The number of nitro groups is 1. The van der Waals surface area contributed by atoms with Crippen LogP contribution in [0.5, 0.6) is 0 Å². The average Bonchev–Trinajstić information content (AvgIpc) is 2.96. The Hall–Kier alpha value is -1.24. The van der Waals surface area contributed by atoms with E-state index < -0.39 is 0 Å². The summed E-state index contributed by atoms with van der Waals surface area (Å²) in [6, 6.07) is 9.53. The number of benzene rings is 1. The van der Waals surface area contributed by atoms with Crippen molar-refractivity contribution in [3.8, 4) is 0 Å². The molecule has 0 fully saturated rings. The summed E-state index contributed by atoms with van der Waals surface area (Å²) in [5.41, 5.74) is 1.03. The SMILES string of the molecule is CCCC(NCc1cc(Br)cc([N+](=O)[O-])c1)c1cccs1. The zero-order valence-electron chi connectivity index (χ0n) is 11.7. The molecular formula is C15H17BrN2O2S. The van der Waals surface area contributed by atoms with Crippen LogP contribution >= 0.6 is 27.3 Å². The lowest BCUT2D eigenvalue weighted by molar-refractivity contribution is -0.385. The van der Waals surface area contributed by atoms with E-state index >= 15 is 0 Å². The van der Waals surface area contributed by atoms with Gasteiger partial charge < -0.3 is 5.32 Å². The zero-order chi connectivity index (χ0) is 15.2. The molecule has 1 aromatic heterocycles. The first-order valence-corrected chi connectivity index (χ1v) is 8.48. The highest BCUT2D eigenvalue weighted by Gasteiger charge is 2.13. The maximum absolute atomic E-state index is 10.9. The van der Waals surface area contributed by atoms with Crippen molar-refractivity contribution in [1.29, 1.82) is 0 Å². The van der Waals surface area contributed by atoms with Crippen molar-refractivity contribution in [2.24, 2.45) is 0 Å². The molecule has 1 N–H and O–H groups in total. The molecule has 1 unspecified atom stereocenters. The molecule has 0 spiro atoms. The predicted molar refractivity (Wildman–Crippen MR) is 89.6 cm³/mol. The molecular weight excluding hydrogens is 352 g/mol. The molecule has 4 nitrogen and oxygen atoms in total. The minimum absolute atomic E-state index is 0.115. The van der Waals surface area contributed by atoms with Crippen LogP contribution in [0.1, 0.15) is 36.2 Å². The second kappa shape index (κ2) is 7.68. The molecule has 2 rings (SSSR count). The number of nitrogens with zero attached hydrogens (tertiary/aromatic N) is 1. The first-order valence-electron chi connectivity index (χ1n) is 6.80. The van der Waals surface area contributed by atoms with Crippen molar-refractivity contribution < 1.29 is 4.92 Å². The molecule has 21 heavy (non-hydrogen) atoms. The highest BCUT2D eigenvalue weighted by Crippen LogP contribution is 2.25. The van der Waals surface area contributed by atoms with Gasteiger partial charge in [-0.2, -0.15) is 0 Å². The van der Waals surface area contributed by atoms with E-state index in [-0.39, 0.29) is 10.6 Å². The molecule has 112 valence electrons. The second-order valence-corrected chi connectivity index (χ2v) is 6.71. The molecule has 0 amide bonds. The minimum Gasteiger partial charge on any atom is -0.305 e.